The predicted molar refractivity (Wildman–Crippen MR) is 57.4 cm³/mol. The third-order valence-electron chi connectivity index (χ3n) is 2.37. The van der Waals surface area contributed by atoms with E-state index in [-0.39, 0.29) is 0 Å². The first-order valence-corrected chi connectivity index (χ1v) is 4.87. The highest BCUT2D eigenvalue weighted by molar-refractivity contribution is 5.52. The summed E-state index contributed by atoms with van der Waals surface area (Å²) in [5.74, 6) is 0. The van der Waals surface area contributed by atoms with Gasteiger partial charge in [-0.2, -0.15) is 0 Å². The first kappa shape index (κ1) is 8.31. The molecule has 0 amide bonds. The molecule has 1 aliphatic rings. The van der Waals surface area contributed by atoms with E-state index < -0.39 is 0 Å². The van der Waals surface area contributed by atoms with Crippen molar-refractivity contribution >= 4 is 6.08 Å². The van der Waals surface area contributed by atoms with Gasteiger partial charge in [0, 0.05) is 0 Å². The monoisotopic (exact) mass is 170 g/mol. The normalized spacial score (nSPS) is 16.5. The average molecular weight is 170 g/mol. The molecule has 1 aliphatic carbocycles. The Bertz CT molecular complexity index is 317. The highest BCUT2D eigenvalue weighted by Crippen LogP contribution is 2.19. The molecule has 0 spiro atoms. The third-order valence-corrected chi connectivity index (χ3v) is 2.37. The molecule has 0 atom stereocenters. The molecule has 0 bridgehead atoms. The second kappa shape index (κ2) is 4.08. The van der Waals surface area contributed by atoms with Crippen molar-refractivity contribution in [1.82, 2.24) is 0 Å². The molecule has 0 nitrogen and oxygen atoms in total. The molecule has 0 heterocycles. The maximum atomic E-state index is 2.33. The fraction of sp³-hybridized carbons (Fsp3) is 0.231. The van der Waals surface area contributed by atoms with Crippen molar-refractivity contribution in [3.8, 4) is 0 Å². The van der Waals surface area contributed by atoms with Crippen LogP contribution in [0, 0.1) is 0 Å². The smallest absolute Gasteiger partial charge is 0.0257 e. The molecule has 0 saturated carbocycles. The van der Waals surface area contributed by atoms with E-state index in [4.69, 9.17) is 0 Å². The Hall–Kier alpha value is -1.30. The molecule has 0 heteroatoms. The van der Waals surface area contributed by atoms with E-state index in [0.29, 0.717) is 0 Å². The van der Waals surface area contributed by atoms with Crippen LogP contribution in [-0.4, -0.2) is 0 Å². The maximum absolute atomic E-state index is 2.33. The Kier molecular flexibility index (Phi) is 2.61. The van der Waals surface area contributed by atoms with Crippen molar-refractivity contribution in [1.29, 1.82) is 0 Å². The third kappa shape index (κ3) is 2.32. The number of hydrogen-bond donors (Lipinski definition) is 0. The number of hydrogen-bond acceptors (Lipinski definition) is 0. The Labute approximate surface area is 79.6 Å². The summed E-state index contributed by atoms with van der Waals surface area (Å²) in [7, 11) is 0. The lowest BCUT2D eigenvalue weighted by Gasteiger charge is -1.92. The van der Waals surface area contributed by atoms with Gasteiger partial charge in [-0.05, 0) is 24.8 Å². The van der Waals surface area contributed by atoms with Crippen LogP contribution < -0.4 is 0 Å². The molecule has 0 aromatic heterocycles. The first-order valence-electron chi connectivity index (χ1n) is 4.87. The van der Waals surface area contributed by atoms with E-state index in [1.807, 2.05) is 6.07 Å². The molecule has 0 N–H and O–H groups in total. The SMILES string of the molecule is C(=Cc1ccccc1)C1=CCCC1. The van der Waals surface area contributed by atoms with Crippen molar-refractivity contribution < 1.29 is 0 Å². The predicted octanol–water partition coefficient (Wildman–Crippen LogP) is 3.81. The summed E-state index contributed by atoms with van der Waals surface area (Å²) in [6, 6.07) is 10.5. The minimum Gasteiger partial charge on any atom is -0.0813 e. The van der Waals surface area contributed by atoms with Crippen LogP contribution in [0.15, 0.2) is 48.1 Å². The molecule has 0 aliphatic heterocycles. The number of rotatable bonds is 2. The fourth-order valence-corrected chi connectivity index (χ4v) is 1.61. The first-order chi connectivity index (χ1) is 6.45. The van der Waals surface area contributed by atoms with Crippen LogP contribution in [0.3, 0.4) is 0 Å². The number of allylic oxidation sites excluding steroid dienone is 3. The molecule has 2 rings (SSSR count). The van der Waals surface area contributed by atoms with Crippen LogP contribution >= 0.6 is 0 Å². The maximum Gasteiger partial charge on any atom is -0.0257 e. The zero-order valence-corrected chi connectivity index (χ0v) is 7.74. The minimum atomic E-state index is 1.25. The van der Waals surface area contributed by atoms with Gasteiger partial charge in [-0.3, -0.25) is 0 Å². The molecule has 13 heavy (non-hydrogen) atoms. The van der Waals surface area contributed by atoms with Crippen LogP contribution in [0.5, 0.6) is 0 Å². The van der Waals surface area contributed by atoms with Gasteiger partial charge in [-0.25, -0.2) is 0 Å². The van der Waals surface area contributed by atoms with Crippen molar-refractivity contribution in [2.45, 2.75) is 19.3 Å². The molecule has 0 unspecified atom stereocenters. The van der Waals surface area contributed by atoms with Gasteiger partial charge in [-0.1, -0.05) is 54.1 Å². The van der Waals surface area contributed by atoms with Crippen molar-refractivity contribution in [2.75, 3.05) is 0 Å². The van der Waals surface area contributed by atoms with Gasteiger partial charge in [0.15, 0.2) is 0 Å². The molecule has 0 radical (unpaired) electrons. The zero-order chi connectivity index (χ0) is 8.93. The highest BCUT2D eigenvalue weighted by atomic mass is 14.0. The summed E-state index contributed by atoms with van der Waals surface area (Å²) < 4.78 is 0. The lowest BCUT2D eigenvalue weighted by atomic mass is 10.1. The van der Waals surface area contributed by atoms with Gasteiger partial charge in [0.1, 0.15) is 0 Å². The Morgan fingerprint density at radius 1 is 1.00 bits per heavy atom. The van der Waals surface area contributed by atoms with Gasteiger partial charge in [0.25, 0.3) is 0 Å². The molecule has 1 aromatic carbocycles. The molecule has 0 saturated heterocycles. The minimum absolute atomic E-state index is 1.25. The Balaban J connectivity index is 2.05. The summed E-state index contributed by atoms with van der Waals surface area (Å²) in [4.78, 5) is 0. The van der Waals surface area contributed by atoms with Crippen LogP contribution in [-0.2, 0) is 0 Å². The summed E-state index contributed by atoms with van der Waals surface area (Å²) in [6.45, 7) is 0. The second-order valence-electron chi connectivity index (χ2n) is 3.42. The van der Waals surface area contributed by atoms with E-state index in [1.54, 1.807) is 0 Å². The molecule has 66 valence electrons. The zero-order valence-electron chi connectivity index (χ0n) is 7.74. The lowest BCUT2D eigenvalue weighted by molar-refractivity contribution is 0.916. The van der Waals surface area contributed by atoms with Crippen LogP contribution in [0.1, 0.15) is 24.8 Å². The van der Waals surface area contributed by atoms with Gasteiger partial charge in [0.05, 0.1) is 0 Å². The van der Waals surface area contributed by atoms with Gasteiger partial charge >= 0.3 is 0 Å². The van der Waals surface area contributed by atoms with E-state index in [0.717, 1.165) is 0 Å². The van der Waals surface area contributed by atoms with E-state index in [1.165, 1.54) is 30.4 Å². The van der Waals surface area contributed by atoms with Gasteiger partial charge in [0.2, 0.25) is 0 Å². The second-order valence-corrected chi connectivity index (χ2v) is 3.42. The molecule has 0 fully saturated rings. The van der Waals surface area contributed by atoms with E-state index in [9.17, 15) is 0 Å². The average Bonchev–Trinajstić information content (AvgIpc) is 2.69. The van der Waals surface area contributed by atoms with Crippen LogP contribution in [0.2, 0.25) is 0 Å². The van der Waals surface area contributed by atoms with Crippen molar-refractivity contribution in [2.24, 2.45) is 0 Å². The topological polar surface area (TPSA) is 0 Å². The van der Waals surface area contributed by atoms with Crippen LogP contribution in [0.25, 0.3) is 6.08 Å². The van der Waals surface area contributed by atoms with E-state index >= 15 is 0 Å². The van der Waals surface area contributed by atoms with Crippen molar-refractivity contribution in [3.05, 3.63) is 53.6 Å². The van der Waals surface area contributed by atoms with E-state index in [2.05, 4.69) is 42.5 Å². The summed E-state index contributed by atoms with van der Waals surface area (Å²) in [6.07, 6.45) is 10.6. The standard InChI is InChI=1S/C13H14/c1-2-6-12(7-3-1)10-11-13-8-4-5-9-13/h1-3,6-8,10-11H,4-5,9H2. The summed E-state index contributed by atoms with van der Waals surface area (Å²) >= 11 is 0. The van der Waals surface area contributed by atoms with Crippen LogP contribution in [0.4, 0.5) is 0 Å². The van der Waals surface area contributed by atoms with Gasteiger partial charge in [-0.15, -0.1) is 0 Å². The Morgan fingerprint density at radius 3 is 2.54 bits per heavy atom. The molecular formula is C13H14. The fourth-order valence-electron chi connectivity index (χ4n) is 1.61. The molecule has 1 aromatic rings. The highest BCUT2D eigenvalue weighted by Gasteiger charge is 1.99. The summed E-state index contributed by atoms with van der Waals surface area (Å²) in [5.41, 5.74) is 2.78. The molecular weight excluding hydrogens is 156 g/mol. The number of benzene rings is 1. The lowest BCUT2D eigenvalue weighted by Crippen LogP contribution is -1.71. The van der Waals surface area contributed by atoms with Crippen molar-refractivity contribution in [3.63, 3.8) is 0 Å². The Morgan fingerprint density at radius 2 is 1.85 bits per heavy atom. The largest absolute Gasteiger partial charge is 0.0813 e. The summed E-state index contributed by atoms with van der Waals surface area (Å²) in [5, 5.41) is 0. The van der Waals surface area contributed by atoms with Gasteiger partial charge < -0.3 is 0 Å². The quantitative estimate of drug-likeness (QED) is 0.633.